The predicted octanol–water partition coefficient (Wildman–Crippen LogP) is 2.49. The molecule has 106 valence electrons. The van der Waals surface area contributed by atoms with Crippen LogP contribution in [-0.2, 0) is 6.18 Å². The van der Waals surface area contributed by atoms with Crippen molar-refractivity contribution in [1.82, 2.24) is 4.98 Å². The predicted molar refractivity (Wildman–Crippen MR) is 69.0 cm³/mol. The minimum Gasteiger partial charge on any atom is -0.493 e. The number of rotatable bonds is 2. The summed E-state index contributed by atoms with van der Waals surface area (Å²) in [7, 11) is 1.32. The number of aromatic nitrogens is 1. The Bertz CT molecular complexity index is 522. The first-order chi connectivity index (χ1) is 9.45. The Balaban J connectivity index is 2.23. The van der Waals surface area contributed by atoms with Crippen molar-refractivity contribution >= 4 is 12.5 Å². The Morgan fingerprint density at radius 3 is 2.55 bits per heavy atom. The average molecular weight is 283 g/mol. The molecule has 0 aromatic carbocycles. The molecular weight excluding hydrogens is 270 g/mol. The Hall–Kier alpha value is -1.91. The molecule has 0 atom stereocenters. The molecule has 0 saturated carbocycles. The minimum atomic E-state index is -4.44. The topological polar surface area (TPSA) is 49.1 Å². The number of methoxy groups -OCH3 is 1. The van der Waals surface area contributed by atoms with E-state index in [1.54, 1.807) is 0 Å². The zero-order chi connectivity index (χ0) is 14.8. The molecule has 1 aromatic heterocycles. The Morgan fingerprint density at radius 2 is 2.05 bits per heavy atom. The zero-order valence-corrected chi connectivity index (χ0v) is 10.9. The van der Waals surface area contributed by atoms with Crippen molar-refractivity contribution < 1.29 is 17.9 Å². The second-order valence-electron chi connectivity index (χ2n) is 4.64. The first-order valence-corrected chi connectivity index (χ1v) is 6.21. The zero-order valence-electron chi connectivity index (χ0n) is 10.9. The molecule has 20 heavy (non-hydrogen) atoms. The number of hydrogen-bond acceptors (Lipinski definition) is 4. The van der Waals surface area contributed by atoms with Gasteiger partial charge < -0.3 is 9.64 Å². The fraction of sp³-hybridized carbons (Fsp3) is 0.500. The first kappa shape index (κ1) is 14.5. The van der Waals surface area contributed by atoms with Gasteiger partial charge in [-0.3, -0.25) is 0 Å². The van der Waals surface area contributed by atoms with Crippen LogP contribution in [0.2, 0.25) is 12.6 Å². The van der Waals surface area contributed by atoms with Crippen LogP contribution in [0.15, 0.2) is 12.3 Å². The molecule has 0 radical (unpaired) electrons. The van der Waals surface area contributed by atoms with Crippen molar-refractivity contribution in [2.75, 3.05) is 25.1 Å². The molecule has 8 heteroatoms. The van der Waals surface area contributed by atoms with Gasteiger partial charge in [0.1, 0.15) is 0 Å². The van der Waals surface area contributed by atoms with E-state index in [2.05, 4.69) is 11.0 Å². The van der Waals surface area contributed by atoms with Gasteiger partial charge >= 0.3 is 6.18 Å². The SMILES string of the molecule is COc1cc(C(F)(F)F)cnc1N1CCB(C#N)CC1. The molecule has 2 heterocycles. The van der Waals surface area contributed by atoms with Gasteiger partial charge in [0, 0.05) is 25.3 Å². The number of pyridine rings is 1. The number of halogens is 3. The summed E-state index contributed by atoms with van der Waals surface area (Å²) in [4.78, 5) is 5.74. The van der Waals surface area contributed by atoms with Crippen LogP contribution in [0.3, 0.4) is 0 Å². The highest BCUT2D eigenvalue weighted by atomic mass is 19.4. The second-order valence-corrected chi connectivity index (χ2v) is 4.64. The van der Waals surface area contributed by atoms with Crippen LogP contribution in [0.1, 0.15) is 5.56 Å². The lowest BCUT2D eigenvalue weighted by Crippen LogP contribution is -2.37. The number of nitrogens with zero attached hydrogens (tertiary/aromatic N) is 3. The molecule has 1 aliphatic rings. The maximum atomic E-state index is 12.6. The van der Waals surface area contributed by atoms with Gasteiger partial charge in [0.15, 0.2) is 11.6 Å². The van der Waals surface area contributed by atoms with Crippen molar-refractivity contribution in [1.29, 1.82) is 5.26 Å². The molecule has 0 spiro atoms. The van der Waals surface area contributed by atoms with E-state index in [-0.39, 0.29) is 12.5 Å². The monoisotopic (exact) mass is 283 g/mol. The summed E-state index contributed by atoms with van der Waals surface area (Å²) >= 11 is 0. The third-order valence-corrected chi connectivity index (χ3v) is 3.36. The fourth-order valence-corrected chi connectivity index (χ4v) is 2.20. The lowest BCUT2D eigenvalue weighted by molar-refractivity contribution is -0.137. The molecule has 0 amide bonds. The number of nitriles is 1. The number of hydrogen-bond donors (Lipinski definition) is 0. The van der Waals surface area contributed by atoms with Crippen LogP contribution >= 0.6 is 0 Å². The highest BCUT2D eigenvalue weighted by Gasteiger charge is 2.33. The number of anilines is 1. The Kier molecular flexibility index (Phi) is 4.07. The van der Waals surface area contributed by atoms with Crippen LogP contribution in [0, 0.1) is 11.2 Å². The lowest BCUT2D eigenvalue weighted by Gasteiger charge is -2.30. The summed E-state index contributed by atoms with van der Waals surface area (Å²) in [5.74, 6) is 2.71. The van der Waals surface area contributed by atoms with Crippen LogP contribution in [-0.4, -0.2) is 31.9 Å². The van der Waals surface area contributed by atoms with E-state index in [0.717, 1.165) is 12.3 Å². The summed E-state index contributed by atoms with van der Waals surface area (Å²) in [6, 6.07) is 0.957. The van der Waals surface area contributed by atoms with Crippen molar-refractivity contribution in [3.63, 3.8) is 0 Å². The van der Waals surface area contributed by atoms with Gasteiger partial charge in [-0.1, -0.05) is 0 Å². The van der Waals surface area contributed by atoms with E-state index in [4.69, 9.17) is 10.00 Å². The summed E-state index contributed by atoms with van der Waals surface area (Å²) < 4.78 is 42.9. The van der Waals surface area contributed by atoms with Gasteiger partial charge in [-0.25, -0.2) is 10.2 Å². The standard InChI is InChI=1S/C12H13BF3N3O/c1-20-10-6-9(12(14,15)16)7-18-11(10)19-4-2-13(8-17)3-5-19/h6-7H,2-5H2,1H3. The average Bonchev–Trinajstić information content (AvgIpc) is 2.45. The summed E-state index contributed by atoms with van der Waals surface area (Å²) in [6.07, 6.45) is -2.26. The quantitative estimate of drug-likeness (QED) is 0.782. The van der Waals surface area contributed by atoms with Crippen molar-refractivity contribution in [3.05, 3.63) is 17.8 Å². The summed E-state index contributed by atoms with van der Waals surface area (Å²) in [5, 5.41) is 8.84. The molecule has 0 bridgehead atoms. The highest BCUT2D eigenvalue weighted by molar-refractivity contribution is 6.67. The van der Waals surface area contributed by atoms with Gasteiger partial charge in [0.2, 0.25) is 0 Å². The van der Waals surface area contributed by atoms with Gasteiger partial charge in [0.05, 0.1) is 12.7 Å². The first-order valence-electron chi connectivity index (χ1n) is 6.21. The van der Waals surface area contributed by atoms with E-state index in [1.807, 2.05) is 4.90 Å². The molecule has 1 aromatic rings. The smallest absolute Gasteiger partial charge is 0.418 e. The van der Waals surface area contributed by atoms with Crippen LogP contribution < -0.4 is 9.64 Å². The second kappa shape index (κ2) is 5.61. The molecule has 1 aliphatic heterocycles. The summed E-state index contributed by atoms with van der Waals surface area (Å²) in [5.41, 5.74) is -0.829. The molecule has 4 nitrogen and oxygen atoms in total. The maximum absolute atomic E-state index is 12.6. The summed E-state index contributed by atoms with van der Waals surface area (Å²) in [6.45, 7) is 1.19. The number of alkyl halides is 3. The van der Waals surface area contributed by atoms with Gasteiger partial charge in [-0.05, 0) is 18.7 Å². The van der Waals surface area contributed by atoms with Crippen molar-refractivity contribution in [2.45, 2.75) is 18.8 Å². The molecule has 0 aliphatic carbocycles. The van der Waals surface area contributed by atoms with Gasteiger partial charge in [0.25, 0.3) is 6.71 Å². The highest BCUT2D eigenvalue weighted by Crippen LogP contribution is 2.35. The maximum Gasteiger partial charge on any atom is 0.418 e. The number of ether oxygens (including phenoxy) is 1. The van der Waals surface area contributed by atoms with Crippen LogP contribution in [0.4, 0.5) is 19.0 Å². The third-order valence-electron chi connectivity index (χ3n) is 3.36. The van der Waals surface area contributed by atoms with Gasteiger partial charge in [-0.15, -0.1) is 0 Å². The molecule has 1 saturated heterocycles. The molecular formula is C12H13BF3N3O. The Morgan fingerprint density at radius 1 is 1.40 bits per heavy atom. The van der Waals surface area contributed by atoms with E-state index >= 15 is 0 Å². The van der Waals surface area contributed by atoms with E-state index in [9.17, 15) is 13.2 Å². The Labute approximate surface area is 115 Å². The van der Waals surface area contributed by atoms with E-state index < -0.39 is 11.7 Å². The van der Waals surface area contributed by atoms with Crippen LogP contribution in [0.5, 0.6) is 5.75 Å². The normalized spacial score (nSPS) is 15.9. The van der Waals surface area contributed by atoms with E-state index in [0.29, 0.717) is 31.5 Å². The van der Waals surface area contributed by atoms with Crippen molar-refractivity contribution in [3.8, 4) is 11.7 Å². The third kappa shape index (κ3) is 2.98. The van der Waals surface area contributed by atoms with Crippen LogP contribution in [0.25, 0.3) is 0 Å². The largest absolute Gasteiger partial charge is 0.493 e. The molecule has 0 N–H and O–H groups in total. The van der Waals surface area contributed by atoms with Gasteiger partial charge in [-0.2, -0.15) is 13.2 Å². The molecule has 1 fully saturated rings. The molecule has 2 rings (SSSR count). The lowest BCUT2D eigenvalue weighted by atomic mass is 9.45. The van der Waals surface area contributed by atoms with Crippen molar-refractivity contribution in [2.24, 2.45) is 0 Å². The minimum absolute atomic E-state index is 0.00620. The fourth-order valence-electron chi connectivity index (χ4n) is 2.20. The van der Waals surface area contributed by atoms with E-state index in [1.165, 1.54) is 7.11 Å². The molecule has 0 unspecified atom stereocenters.